The number of carboxylic acid groups (broad SMARTS) is 1. The molecule has 1 aliphatic rings. The van der Waals surface area contributed by atoms with Crippen LogP contribution in [0.3, 0.4) is 0 Å². The number of hydrogen-bond donors (Lipinski definition) is 1. The lowest BCUT2D eigenvalue weighted by molar-refractivity contribution is 0.0700. The molecule has 0 atom stereocenters. The second-order valence-electron chi connectivity index (χ2n) is 10.7. The predicted octanol–water partition coefficient (Wildman–Crippen LogP) is 7.13. The fourth-order valence-electron chi connectivity index (χ4n) is 5.62. The molecule has 232 valence electrons. The molecular formula is C33H30BrN3O5S3. The molecule has 0 unspecified atom stereocenters. The molecule has 1 amide bonds. The number of sulfonamides is 1. The van der Waals surface area contributed by atoms with Gasteiger partial charge < -0.3 is 14.9 Å². The molecule has 0 spiro atoms. The van der Waals surface area contributed by atoms with Gasteiger partial charge in [-0.1, -0.05) is 42.5 Å². The summed E-state index contributed by atoms with van der Waals surface area (Å²) in [7, 11) is -4.07. The van der Waals surface area contributed by atoms with Gasteiger partial charge in [0.05, 0.1) is 16.3 Å². The largest absolute Gasteiger partial charge is 0.477 e. The maximum absolute atomic E-state index is 14.5. The van der Waals surface area contributed by atoms with Crippen LogP contribution in [0.2, 0.25) is 0 Å². The third kappa shape index (κ3) is 6.24. The molecule has 1 aliphatic heterocycles. The third-order valence-corrected chi connectivity index (χ3v) is 12.9. The summed E-state index contributed by atoms with van der Waals surface area (Å²) in [5.41, 5.74) is 2.90. The number of benzene rings is 3. The van der Waals surface area contributed by atoms with E-state index in [-0.39, 0.29) is 22.2 Å². The Kier molecular flexibility index (Phi) is 9.00. The first-order valence-corrected chi connectivity index (χ1v) is 18.3. The third-order valence-electron chi connectivity index (χ3n) is 8.01. The van der Waals surface area contributed by atoms with E-state index in [1.807, 2.05) is 70.9 Å². The highest BCUT2D eigenvalue weighted by Gasteiger charge is 2.31. The molecule has 2 aromatic heterocycles. The van der Waals surface area contributed by atoms with Crippen LogP contribution in [0.4, 0.5) is 11.4 Å². The number of aromatic carboxylic acids is 1. The van der Waals surface area contributed by atoms with Crippen molar-refractivity contribution < 1.29 is 23.1 Å². The van der Waals surface area contributed by atoms with Gasteiger partial charge in [-0.3, -0.25) is 9.10 Å². The van der Waals surface area contributed by atoms with Gasteiger partial charge in [-0.05, 0) is 87.6 Å². The molecule has 12 heteroatoms. The van der Waals surface area contributed by atoms with Gasteiger partial charge in [-0.15, -0.1) is 22.7 Å². The van der Waals surface area contributed by atoms with E-state index in [2.05, 4.69) is 20.8 Å². The molecule has 0 saturated carbocycles. The summed E-state index contributed by atoms with van der Waals surface area (Å²) >= 11 is 6.02. The number of fused-ring (bicyclic) bond motifs is 1. The lowest BCUT2D eigenvalue weighted by Gasteiger charge is -2.38. The number of thiophene rings is 2. The summed E-state index contributed by atoms with van der Waals surface area (Å²) < 4.78 is 32.0. The minimum absolute atomic E-state index is 0.0120. The van der Waals surface area contributed by atoms with Crippen LogP contribution < -0.4 is 9.21 Å². The standard InChI is InChI=1S/C33H30BrN3O5S3/c1-22-25-21-24(11-12-29(25)44-30(22)33(39)40)45(41,42)37(15-13-23-7-3-2-4-8-23)28-10-6-5-9-27(28)35-16-18-36(19-17-35)32(38)31-26(34)14-20-43-31/h2-12,14,20-21H,13,15-19H2,1H3,(H,39,40). The van der Waals surface area contributed by atoms with Gasteiger partial charge >= 0.3 is 5.97 Å². The number of carbonyl (C=O) groups is 2. The van der Waals surface area contributed by atoms with E-state index in [9.17, 15) is 23.1 Å². The Balaban J connectivity index is 1.34. The van der Waals surface area contributed by atoms with Gasteiger partial charge in [-0.2, -0.15) is 0 Å². The second kappa shape index (κ2) is 13.0. The number of halogens is 1. The number of amides is 1. The normalized spacial score (nSPS) is 13.7. The number of carbonyl (C=O) groups excluding carboxylic acids is 1. The van der Waals surface area contributed by atoms with Crippen LogP contribution in [0.1, 0.15) is 30.5 Å². The number of para-hydroxylation sites is 2. The van der Waals surface area contributed by atoms with Crippen LogP contribution in [0, 0.1) is 6.92 Å². The Hall–Kier alpha value is -3.71. The molecular weight excluding hydrogens is 694 g/mol. The first-order chi connectivity index (χ1) is 21.6. The van der Waals surface area contributed by atoms with Gasteiger partial charge in [0.1, 0.15) is 9.75 Å². The molecule has 1 N–H and O–H groups in total. The van der Waals surface area contributed by atoms with Crippen molar-refractivity contribution in [2.45, 2.75) is 18.2 Å². The van der Waals surface area contributed by atoms with E-state index >= 15 is 0 Å². The van der Waals surface area contributed by atoms with Gasteiger partial charge in [-0.25, -0.2) is 13.2 Å². The topological polar surface area (TPSA) is 98.2 Å². The summed E-state index contributed by atoms with van der Waals surface area (Å²) in [4.78, 5) is 29.9. The summed E-state index contributed by atoms with van der Waals surface area (Å²) in [5.74, 6) is -1.04. The quantitative estimate of drug-likeness (QED) is 0.174. The van der Waals surface area contributed by atoms with Crippen molar-refractivity contribution in [1.29, 1.82) is 0 Å². The highest BCUT2D eigenvalue weighted by molar-refractivity contribution is 9.10. The number of nitrogens with zero attached hydrogens (tertiary/aromatic N) is 3. The van der Waals surface area contributed by atoms with Gasteiger partial charge in [0.2, 0.25) is 0 Å². The number of hydrogen-bond acceptors (Lipinski definition) is 7. The molecule has 3 aromatic carbocycles. The Morgan fingerprint density at radius 2 is 1.64 bits per heavy atom. The van der Waals surface area contributed by atoms with Gasteiger partial charge in [0, 0.05) is 41.9 Å². The Labute approximate surface area is 278 Å². The van der Waals surface area contributed by atoms with Crippen LogP contribution in [0.5, 0.6) is 0 Å². The molecule has 0 radical (unpaired) electrons. The lowest BCUT2D eigenvalue weighted by Crippen LogP contribution is -2.49. The fourth-order valence-corrected chi connectivity index (χ4v) is 9.66. The van der Waals surface area contributed by atoms with Crippen molar-refractivity contribution >= 4 is 82.0 Å². The summed E-state index contributed by atoms with van der Waals surface area (Å²) in [6.07, 6.45) is 0.495. The van der Waals surface area contributed by atoms with E-state index in [4.69, 9.17) is 0 Å². The second-order valence-corrected chi connectivity index (χ2v) is 15.4. The summed E-state index contributed by atoms with van der Waals surface area (Å²) in [6.45, 7) is 4.03. The van der Waals surface area contributed by atoms with E-state index in [0.717, 1.165) is 31.8 Å². The maximum atomic E-state index is 14.5. The monoisotopic (exact) mass is 723 g/mol. The van der Waals surface area contributed by atoms with Crippen molar-refractivity contribution in [3.8, 4) is 0 Å². The van der Waals surface area contributed by atoms with Crippen molar-refractivity contribution in [2.24, 2.45) is 0 Å². The maximum Gasteiger partial charge on any atom is 0.346 e. The van der Waals surface area contributed by atoms with Crippen molar-refractivity contribution in [3.05, 3.63) is 110 Å². The highest BCUT2D eigenvalue weighted by Crippen LogP contribution is 2.37. The fraction of sp³-hybridized carbons (Fsp3) is 0.212. The number of piperazine rings is 1. The zero-order valence-corrected chi connectivity index (χ0v) is 28.4. The smallest absolute Gasteiger partial charge is 0.346 e. The predicted molar refractivity (Wildman–Crippen MR) is 185 cm³/mol. The lowest BCUT2D eigenvalue weighted by atomic mass is 10.1. The molecule has 0 aliphatic carbocycles. The average molecular weight is 725 g/mol. The number of rotatable bonds is 9. The minimum Gasteiger partial charge on any atom is -0.477 e. The van der Waals surface area contributed by atoms with E-state index < -0.39 is 16.0 Å². The van der Waals surface area contributed by atoms with Gasteiger partial charge in [0.25, 0.3) is 15.9 Å². The summed E-state index contributed by atoms with van der Waals surface area (Å²) in [5, 5.41) is 12.1. The zero-order valence-electron chi connectivity index (χ0n) is 24.4. The first kappa shape index (κ1) is 31.3. The molecule has 1 fully saturated rings. The number of anilines is 2. The molecule has 45 heavy (non-hydrogen) atoms. The van der Waals surface area contributed by atoms with E-state index in [1.54, 1.807) is 25.1 Å². The molecule has 8 nitrogen and oxygen atoms in total. The Morgan fingerprint density at radius 3 is 2.33 bits per heavy atom. The number of aryl methyl sites for hydroxylation is 1. The van der Waals surface area contributed by atoms with E-state index in [0.29, 0.717) is 54.1 Å². The minimum atomic E-state index is -4.07. The molecule has 1 saturated heterocycles. The SMILES string of the molecule is Cc1c(C(=O)O)sc2ccc(S(=O)(=O)N(CCc3ccccc3)c3ccccc3N3CCN(C(=O)c4sccc4Br)CC3)cc12. The van der Waals surface area contributed by atoms with E-state index in [1.165, 1.54) is 15.6 Å². The Morgan fingerprint density at radius 1 is 0.933 bits per heavy atom. The summed E-state index contributed by atoms with van der Waals surface area (Å²) in [6, 6.07) is 24.0. The highest BCUT2D eigenvalue weighted by atomic mass is 79.9. The van der Waals surface area contributed by atoms with Crippen molar-refractivity contribution in [1.82, 2.24) is 4.90 Å². The van der Waals surface area contributed by atoms with Gasteiger partial charge in [0.15, 0.2) is 0 Å². The zero-order chi connectivity index (χ0) is 31.7. The molecule has 3 heterocycles. The van der Waals surface area contributed by atoms with Crippen molar-refractivity contribution in [3.63, 3.8) is 0 Å². The number of carboxylic acids is 1. The molecule has 6 rings (SSSR count). The van der Waals surface area contributed by atoms with Crippen LogP contribution in [-0.4, -0.2) is 63.0 Å². The molecule has 5 aromatic rings. The van der Waals surface area contributed by atoms with Crippen LogP contribution in [0.15, 0.2) is 93.6 Å². The van der Waals surface area contributed by atoms with Crippen LogP contribution in [0.25, 0.3) is 10.1 Å². The first-order valence-electron chi connectivity index (χ1n) is 14.3. The van der Waals surface area contributed by atoms with Crippen LogP contribution >= 0.6 is 38.6 Å². The average Bonchev–Trinajstić information content (AvgIpc) is 3.64. The molecule has 0 bridgehead atoms. The Bertz CT molecular complexity index is 1980. The van der Waals surface area contributed by atoms with Crippen LogP contribution in [-0.2, 0) is 16.4 Å². The van der Waals surface area contributed by atoms with Crippen molar-refractivity contribution in [2.75, 3.05) is 41.9 Å².